The van der Waals surface area contributed by atoms with E-state index in [-0.39, 0.29) is 24.1 Å². The molecule has 2 heterocycles. The molecule has 1 amide bonds. The second-order valence-corrected chi connectivity index (χ2v) is 8.12. The minimum absolute atomic E-state index is 0.0498. The van der Waals surface area contributed by atoms with Gasteiger partial charge in [0.25, 0.3) is 0 Å². The van der Waals surface area contributed by atoms with Crippen LogP contribution in [0.5, 0.6) is 11.5 Å². The Morgan fingerprint density at radius 1 is 1.23 bits per heavy atom. The number of benzene rings is 2. The maximum Gasteiger partial charge on any atom is 0.229 e. The van der Waals surface area contributed by atoms with Gasteiger partial charge >= 0.3 is 0 Å². The van der Waals surface area contributed by atoms with E-state index in [0.717, 1.165) is 11.3 Å². The number of carbonyl (C=O) groups is 1. The molecule has 31 heavy (non-hydrogen) atoms. The molecule has 6 nitrogen and oxygen atoms in total. The number of nitrogens with zero attached hydrogens (tertiary/aromatic N) is 3. The smallest absolute Gasteiger partial charge is 0.229 e. The average Bonchev–Trinajstić information content (AvgIpc) is 2.80. The molecule has 1 atom stereocenters. The summed E-state index contributed by atoms with van der Waals surface area (Å²) in [5, 5.41) is 10.6. The number of allylic oxidation sites excluding steroid dienone is 1. The lowest BCUT2D eigenvalue weighted by atomic mass is 9.86. The summed E-state index contributed by atoms with van der Waals surface area (Å²) in [7, 11) is 1.57. The van der Waals surface area contributed by atoms with E-state index in [1.807, 2.05) is 30.0 Å². The Kier molecular flexibility index (Phi) is 6.05. The zero-order valence-electron chi connectivity index (χ0n) is 17.3. The SMILES string of the molecule is CCOc1ccc(C2CC(=O)N3CN(c4ccc(F)cc4)CSC3=C2C#N)cc1OC. The maximum atomic E-state index is 13.3. The van der Waals surface area contributed by atoms with E-state index < -0.39 is 0 Å². The zero-order valence-corrected chi connectivity index (χ0v) is 18.1. The van der Waals surface area contributed by atoms with Gasteiger partial charge < -0.3 is 14.4 Å². The summed E-state index contributed by atoms with van der Waals surface area (Å²) in [5.74, 6) is 1.09. The minimum Gasteiger partial charge on any atom is -0.493 e. The molecule has 0 bridgehead atoms. The van der Waals surface area contributed by atoms with Crippen LogP contribution in [0.1, 0.15) is 24.8 Å². The van der Waals surface area contributed by atoms with Crippen molar-refractivity contribution < 1.29 is 18.7 Å². The van der Waals surface area contributed by atoms with E-state index >= 15 is 0 Å². The van der Waals surface area contributed by atoms with E-state index in [2.05, 4.69) is 6.07 Å². The lowest BCUT2D eigenvalue weighted by molar-refractivity contribution is -0.129. The lowest BCUT2D eigenvalue weighted by Crippen LogP contribution is -2.47. The fraction of sp³-hybridized carbons (Fsp3) is 0.304. The molecule has 1 saturated heterocycles. The van der Waals surface area contributed by atoms with Crippen molar-refractivity contribution in [1.29, 1.82) is 5.26 Å². The highest BCUT2D eigenvalue weighted by atomic mass is 32.2. The third-order valence-electron chi connectivity index (χ3n) is 5.38. The van der Waals surface area contributed by atoms with E-state index in [4.69, 9.17) is 9.47 Å². The predicted octanol–water partition coefficient (Wildman–Crippen LogP) is 4.45. The zero-order chi connectivity index (χ0) is 22.0. The molecule has 0 aliphatic carbocycles. The van der Waals surface area contributed by atoms with Gasteiger partial charge in [-0.3, -0.25) is 9.69 Å². The minimum atomic E-state index is -0.335. The summed E-state index contributed by atoms with van der Waals surface area (Å²) in [6, 6.07) is 14.1. The van der Waals surface area contributed by atoms with Gasteiger partial charge in [0.2, 0.25) is 5.91 Å². The van der Waals surface area contributed by atoms with Crippen LogP contribution < -0.4 is 14.4 Å². The quantitative estimate of drug-likeness (QED) is 0.686. The van der Waals surface area contributed by atoms with Crippen LogP contribution in [0.3, 0.4) is 0 Å². The molecule has 4 rings (SSSR count). The first kappa shape index (κ1) is 21.1. The van der Waals surface area contributed by atoms with Gasteiger partial charge in [-0.05, 0) is 48.9 Å². The monoisotopic (exact) mass is 439 g/mol. The number of fused-ring (bicyclic) bond motifs is 1. The van der Waals surface area contributed by atoms with E-state index in [1.165, 1.54) is 23.9 Å². The number of rotatable bonds is 5. The molecule has 160 valence electrons. The maximum absolute atomic E-state index is 13.3. The Morgan fingerprint density at radius 3 is 2.68 bits per heavy atom. The highest BCUT2D eigenvalue weighted by Gasteiger charge is 2.38. The van der Waals surface area contributed by atoms with E-state index in [9.17, 15) is 14.4 Å². The molecular weight excluding hydrogens is 417 g/mol. The van der Waals surface area contributed by atoms with Gasteiger partial charge in [-0.25, -0.2) is 4.39 Å². The van der Waals surface area contributed by atoms with Gasteiger partial charge in [0.05, 0.1) is 42.9 Å². The normalized spacial score (nSPS) is 18.5. The van der Waals surface area contributed by atoms with Crippen LogP contribution in [-0.4, -0.2) is 37.1 Å². The topological polar surface area (TPSA) is 65.8 Å². The third-order valence-corrected chi connectivity index (χ3v) is 6.53. The van der Waals surface area contributed by atoms with Gasteiger partial charge in [-0.15, -0.1) is 0 Å². The van der Waals surface area contributed by atoms with Crippen LogP contribution >= 0.6 is 11.8 Å². The first-order valence-corrected chi connectivity index (χ1v) is 10.9. The van der Waals surface area contributed by atoms with Crippen LogP contribution in [0.2, 0.25) is 0 Å². The second-order valence-electron chi connectivity index (χ2n) is 7.18. The molecule has 2 aromatic rings. The van der Waals surface area contributed by atoms with E-state index in [1.54, 1.807) is 24.1 Å². The number of amides is 1. The number of hydrogen-bond acceptors (Lipinski definition) is 6. The number of anilines is 1. The van der Waals surface area contributed by atoms with Crippen molar-refractivity contribution in [2.45, 2.75) is 19.3 Å². The summed E-state index contributed by atoms with van der Waals surface area (Å²) in [6.07, 6.45) is 0.196. The number of ether oxygens (including phenoxy) is 2. The van der Waals surface area contributed by atoms with Crippen molar-refractivity contribution in [3.8, 4) is 17.6 Å². The molecule has 0 radical (unpaired) electrons. The van der Waals surface area contributed by atoms with E-state index in [0.29, 0.717) is 41.3 Å². The Hall–Kier alpha value is -3.18. The summed E-state index contributed by atoms with van der Waals surface area (Å²) in [4.78, 5) is 16.7. The molecule has 0 spiro atoms. The molecule has 0 N–H and O–H groups in total. The largest absolute Gasteiger partial charge is 0.493 e. The third kappa shape index (κ3) is 4.06. The van der Waals surface area contributed by atoms with Crippen molar-refractivity contribution in [2.75, 3.05) is 31.2 Å². The highest BCUT2D eigenvalue weighted by molar-refractivity contribution is 8.03. The van der Waals surface area contributed by atoms with Gasteiger partial charge in [-0.2, -0.15) is 5.26 Å². The number of carbonyl (C=O) groups excluding carboxylic acids is 1. The van der Waals surface area contributed by atoms with Gasteiger partial charge in [0.1, 0.15) is 5.82 Å². The first-order chi connectivity index (χ1) is 15.0. The summed E-state index contributed by atoms with van der Waals surface area (Å²) in [5.41, 5.74) is 2.26. The molecule has 0 saturated carbocycles. The predicted molar refractivity (Wildman–Crippen MR) is 117 cm³/mol. The highest BCUT2D eigenvalue weighted by Crippen LogP contribution is 2.44. The Morgan fingerprint density at radius 2 is 2.00 bits per heavy atom. The number of hydrogen-bond donors (Lipinski definition) is 0. The van der Waals surface area contributed by atoms with Crippen LogP contribution in [0.4, 0.5) is 10.1 Å². The molecule has 0 aromatic heterocycles. The molecule has 2 aromatic carbocycles. The van der Waals surface area contributed by atoms with Crippen molar-refractivity contribution in [2.24, 2.45) is 0 Å². The molecule has 2 aliphatic heterocycles. The van der Waals surface area contributed by atoms with Gasteiger partial charge in [-0.1, -0.05) is 17.8 Å². The molecular formula is C23H22FN3O3S. The fourth-order valence-electron chi connectivity index (χ4n) is 3.84. The van der Waals surface area contributed by atoms with Crippen molar-refractivity contribution in [1.82, 2.24) is 4.90 Å². The van der Waals surface area contributed by atoms with Crippen LogP contribution in [0.15, 0.2) is 53.1 Å². The standard InChI is InChI=1S/C23H22FN3O3S/c1-3-30-20-9-4-15(10-21(20)29-2)18-11-22(28)27-13-26(14-31-23(27)19(18)12-25)17-7-5-16(24)6-8-17/h4-10,18H,3,11,13-14H2,1-2H3. The number of thioether (sulfide) groups is 1. The van der Waals surface area contributed by atoms with Crippen molar-refractivity contribution in [3.63, 3.8) is 0 Å². The summed E-state index contributed by atoms with van der Waals surface area (Å²) in [6.45, 7) is 2.74. The lowest BCUT2D eigenvalue weighted by Gasteiger charge is -2.42. The van der Waals surface area contributed by atoms with Crippen LogP contribution in [0.25, 0.3) is 0 Å². The molecule has 8 heteroatoms. The number of halogens is 1. The number of methoxy groups -OCH3 is 1. The van der Waals surface area contributed by atoms with Crippen molar-refractivity contribution in [3.05, 3.63) is 64.4 Å². The average molecular weight is 440 g/mol. The van der Waals surface area contributed by atoms with Gasteiger partial charge in [0.15, 0.2) is 11.5 Å². The van der Waals surface area contributed by atoms with Crippen molar-refractivity contribution >= 4 is 23.4 Å². The first-order valence-electron chi connectivity index (χ1n) is 9.94. The molecule has 1 fully saturated rings. The molecule has 2 aliphatic rings. The number of nitriles is 1. The Bertz CT molecular complexity index is 1060. The Balaban J connectivity index is 1.65. The van der Waals surface area contributed by atoms with Crippen LogP contribution in [0, 0.1) is 17.1 Å². The molecule has 1 unspecified atom stereocenters. The van der Waals surface area contributed by atoms with Gasteiger partial charge in [0, 0.05) is 18.0 Å². The second kappa shape index (κ2) is 8.90. The van der Waals surface area contributed by atoms with Crippen LogP contribution in [-0.2, 0) is 4.79 Å². The summed E-state index contributed by atoms with van der Waals surface area (Å²) >= 11 is 1.45. The fourth-order valence-corrected chi connectivity index (χ4v) is 5.01. The summed E-state index contributed by atoms with van der Waals surface area (Å²) < 4.78 is 24.3. The Labute approximate surface area is 184 Å².